The summed E-state index contributed by atoms with van der Waals surface area (Å²) in [4.78, 5) is 4.46. The van der Waals surface area contributed by atoms with E-state index in [9.17, 15) is 13.9 Å². The molecule has 6 nitrogen and oxygen atoms in total. The second-order valence-corrected chi connectivity index (χ2v) is 6.55. The van der Waals surface area contributed by atoms with Crippen LogP contribution in [0.25, 0.3) is 0 Å². The third-order valence-corrected chi connectivity index (χ3v) is 4.20. The van der Waals surface area contributed by atoms with Gasteiger partial charge in [-0.15, -0.1) is 0 Å². The van der Waals surface area contributed by atoms with Crippen molar-refractivity contribution in [2.75, 3.05) is 20.2 Å². The summed E-state index contributed by atoms with van der Waals surface area (Å²) >= 11 is 0. The summed E-state index contributed by atoms with van der Waals surface area (Å²) in [6.07, 6.45) is 0. The number of methoxy groups -OCH3 is 1. The number of rotatable bonds is 9. The van der Waals surface area contributed by atoms with Gasteiger partial charge in [-0.05, 0) is 37.1 Å². The monoisotopic (exact) mass is 407 g/mol. The molecule has 0 saturated carbocycles. The first-order valence-corrected chi connectivity index (χ1v) is 9.27. The van der Waals surface area contributed by atoms with Crippen molar-refractivity contribution in [1.29, 1.82) is 0 Å². The van der Waals surface area contributed by atoms with Crippen molar-refractivity contribution >= 4 is 5.96 Å². The molecule has 0 aliphatic rings. The molecule has 0 aromatic heterocycles. The van der Waals surface area contributed by atoms with Gasteiger partial charge in [0.25, 0.3) is 0 Å². The van der Waals surface area contributed by atoms with E-state index < -0.39 is 12.2 Å². The predicted octanol–water partition coefficient (Wildman–Crippen LogP) is 3.26. The molecule has 0 radical (unpaired) electrons. The molecule has 2 aromatic carbocycles. The average Bonchev–Trinajstić information content (AvgIpc) is 2.70. The Kier molecular flexibility index (Phi) is 8.21. The Balaban J connectivity index is 2.09. The van der Waals surface area contributed by atoms with Gasteiger partial charge in [-0.2, -0.15) is 8.78 Å². The molecule has 158 valence electrons. The van der Waals surface area contributed by atoms with Gasteiger partial charge in [0.15, 0.2) is 17.5 Å². The van der Waals surface area contributed by atoms with E-state index in [0.29, 0.717) is 18.1 Å². The molecule has 0 aliphatic carbocycles. The summed E-state index contributed by atoms with van der Waals surface area (Å²) in [5, 5.41) is 16.9. The fraction of sp³-hybridized carbons (Fsp3) is 0.381. The van der Waals surface area contributed by atoms with Crippen molar-refractivity contribution in [2.24, 2.45) is 4.99 Å². The molecule has 2 aromatic rings. The molecule has 1 unspecified atom stereocenters. The smallest absolute Gasteiger partial charge is 0.387 e. The van der Waals surface area contributed by atoms with Gasteiger partial charge in [0.05, 0.1) is 20.2 Å². The highest BCUT2D eigenvalue weighted by atomic mass is 19.3. The fourth-order valence-corrected chi connectivity index (χ4v) is 2.67. The van der Waals surface area contributed by atoms with E-state index in [1.807, 2.05) is 37.3 Å². The van der Waals surface area contributed by atoms with Gasteiger partial charge in [-0.1, -0.05) is 36.4 Å². The molecule has 2 rings (SSSR count). The van der Waals surface area contributed by atoms with Gasteiger partial charge in [0, 0.05) is 6.54 Å². The molecule has 0 spiro atoms. The molecule has 1 atom stereocenters. The van der Waals surface area contributed by atoms with Crippen LogP contribution >= 0.6 is 0 Å². The number of nitrogens with one attached hydrogen (secondary N) is 2. The maximum absolute atomic E-state index is 12.6. The largest absolute Gasteiger partial charge is 0.493 e. The van der Waals surface area contributed by atoms with Crippen molar-refractivity contribution in [2.45, 2.75) is 32.6 Å². The Hall–Kier alpha value is -2.87. The first kappa shape index (κ1) is 22.4. The van der Waals surface area contributed by atoms with Crippen molar-refractivity contribution in [3.63, 3.8) is 0 Å². The minimum Gasteiger partial charge on any atom is -0.493 e. The van der Waals surface area contributed by atoms with Gasteiger partial charge in [0.2, 0.25) is 0 Å². The summed E-state index contributed by atoms with van der Waals surface area (Å²) in [5.74, 6) is 0.679. The minimum atomic E-state index is -2.94. The van der Waals surface area contributed by atoms with Crippen LogP contribution in [0.1, 0.15) is 25.0 Å². The van der Waals surface area contributed by atoms with E-state index in [1.165, 1.54) is 13.2 Å². The van der Waals surface area contributed by atoms with Crippen LogP contribution in [0.3, 0.4) is 0 Å². The quantitative estimate of drug-likeness (QED) is 0.440. The van der Waals surface area contributed by atoms with Gasteiger partial charge in [0.1, 0.15) is 5.60 Å². The molecule has 0 aliphatic heterocycles. The lowest BCUT2D eigenvalue weighted by molar-refractivity contribution is -0.0512. The summed E-state index contributed by atoms with van der Waals surface area (Å²) in [6.45, 7) is 1.80. The van der Waals surface area contributed by atoms with Crippen LogP contribution in [0.2, 0.25) is 0 Å². The van der Waals surface area contributed by atoms with Crippen molar-refractivity contribution in [1.82, 2.24) is 10.6 Å². The number of halogens is 2. The van der Waals surface area contributed by atoms with Gasteiger partial charge >= 0.3 is 6.61 Å². The first-order chi connectivity index (χ1) is 13.9. The highest BCUT2D eigenvalue weighted by molar-refractivity contribution is 5.79. The van der Waals surface area contributed by atoms with Crippen molar-refractivity contribution in [3.8, 4) is 11.5 Å². The maximum Gasteiger partial charge on any atom is 0.387 e. The van der Waals surface area contributed by atoms with E-state index >= 15 is 0 Å². The van der Waals surface area contributed by atoms with Crippen LogP contribution in [0.4, 0.5) is 8.78 Å². The van der Waals surface area contributed by atoms with Gasteiger partial charge < -0.3 is 25.2 Å². The van der Waals surface area contributed by atoms with E-state index in [1.54, 1.807) is 19.1 Å². The molecule has 8 heteroatoms. The SMILES string of the molecule is CCNC(=NCc1ccc(OC)c(OC(F)F)c1)NCC(C)(O)c1ccccc1. The van der Waals surface area contributed by atoms with Crippen molar-refractivity contribution < 1.29 is 23.4 Å². The molecular weight excluding hydrogens is 380 g/mol. The number of aliphatic hydroxyl groups is 1. The molecule has 3 N–H and O–H groups in total. The van der Waals surface area contributed by atoms with Crippen LogP contribution in [-0.4, -0.2) is 37.9 Å². The molecule has 0 fully saturated rings. The van der Waals surface area contributed by atoms with Crippen LogP contribution in [0.15, 0.2) is 53.5 Å². The van der Waals surface area contributed by atoms with Crippen LogP contribution in [0, 0.1) is 0 Å². The minimum absolute atomic E-state index is 0.0415. The fourth-order valence-electron chi connectivity index (χ4n) is 2.67. The van der Waals surface area contributed by atoms with Crippen LogP contribution < -0.4 is 20.1 Å². The van der Waals surface area contributed by atoms with E-state index in [0.717, 1.165) is 5.56 Å². The zero-order valence-corrected chi connectivity index (χ0v) is 16.8. The second kappa shape index (κ2) is 10.6. The van der Waals surface area contributed by atoms with Gasteiger partial charge in [-0.25, -0.2) is 4.99 Å². The Labute approximate surface area is 169 Å². The summed E-state index contributed by atoms with van der Waals surface area (Å²) in [5.41, 5.74) is 0.372. The number of ether oxygens (including phenoxy) is 2. The van der Waals surface area contributed by atoms with E-state index in [2.05, 4.69) is 20.4 Å². The number of aliphatic imine (C=N–C) groups is 1. The number of benzene rings is 2. The summed E-state index contributed by atoms with van der Waals surface area (Å²) in [6, 6.07) is 14.1. The summed E-state index contributed by atoms with van der Waals surface area (Å²) < 4.78 is 34.7. The Morgan fingerprint density at radius 1 is 1.14 bits per heavy atom. The van der Waals surface area contributed by atoms with Crippen LogP contribution in [0.5, 0.6) is 11.5 Å². The van der Waals surface area contributed by atoms with Crippen molar-refractivity contribution in [3.05, 3.63) is 59.7 Å². The van der Waals surface area contributed by atoms with E-state index in [-0.39, 0.29) is 24.6 Å². The summed E-state index contributed by atoms with van der Waals surface area (Å²) in [7, 11) is 1.39. The normalized spacial score (nSPS) is 13.7. The second-order valence-electron chi connectivity index (χ2n) is 6.55. The average molecular weight is 407 g/mol. The number of nitrogens with zero attached hydrogens (tertiary/aromatic N) is 1. The Bertz CT molecular complexity index is 799. The van der Waals surface area contributed by atoms with Gasteiger partial charge in [-0.3, -0.25) is 0 Å². The lowest BCUT2D eigenvalue weighted by Gasteiger charge is -2.25. The number of guanidine groups is 1. The molecule has 0 saturated heterocycles. The standard InChI is InChI=1S/C21H27F2N3O3/c1-4-24-20(26-14-21(2,27)16-8-6-5-7-9-16)25-13-15-10-11-17(28-3)18(12-15)29-19(22)23/h5-12,19,27H,4,13-14H2,1-3H3,(H2,24,25,26). The highest BCUT2D eigenvalue weighted by Gasteiger charge is 2.23. The molecule has 0 bridgehead atoms. The predicted molar refractivity (Wildman–Crippen MR) is 108 cm³/mol. The zero-order valence-electron chi connectivity index (χ0n) is 16.8. The van der Waals surface area contributed by atoms with E-state index in [4.69, 9.17) is 4.74 Å². The Morgan fingerprint density at radius 2 is 1.86 bits per heavy atom. The third-order valence-electron chi connectivity index (χ3n) is 4.20. The maximum atomic E-state index is 12.6. The number of alkyl halides is 2. The zero-order chi connectivity index (χ0) is 21.3. The number of hydrogen-bond acceptors (Lipinski definition) is 4. The highest BCUT2D eigenvalue weighted by Crippen LogP contribution is 2.29. The van der Waals surface area contributed by atoms with Crippen LogP contribution in [-0.2, 0) is 12.1 Å². The topological polar surface area (TPSA) is 75.1 Å². The first-order valence-electron chi connectivity index (χ1n) is 9.27. The molecule has 0 heterocycles. The molecular formula is C21H27F2N3O3. The molecule has 0 amide bonds. The lowest BCUT2D eigenvalue weighted by Crippen LogP contribution is -2.44. The molecule has 29 heavy (non-hydrogen) atoms. The third kappa shape index (κ3) is 6.90. The lowest BCUT2D eigenvalue weighted by atomic mass is 9.96. The number of hydrogen-bond donors (Lipinski definition) is 3. The Morgan fingerprint density at radius 3 is 2.48 bits per heavy atom.